The lowest BCUT2D eigenvalue weighted by atomic mass is 10.2. The van der Waals surface area contributed by atoms with Crippen molar-refractivity contribution < 1.29 is 27.5 Å². The highest BCUT2D eigenvalue weighted by molar-refractivity contribution is 5.95. The van der Waals surface area contributed by atoms with Gasteiger partial charge in [0.15, 0.2) is 6.10 Å². The molecule has 1 N–H and O–H groups in total. The van der Waals surface area contributed by atoms with E-state index in [0.717, 1.165) is 33.4 Å². The van der Waals surface area contributed by atoms with E-state index < -0.39 is 47.5 Å². The van der Waals surface area contributed by atoms with Gasteiger partial charge in [0.05, 0.1) is 16.5 Å². The highest BCUT2D eigenvalue weighted by Crippen LogP contribution is 2.29. The molecule has 0 spiro atoms. The molecule has 0 radical (unpaired) electrons. The molecule has 1 heterocycles. The number of nitrogens with one attached hydrogen (secondary N) is 1. The summed E-state index contributed by atoms with van der Waals surface area (Å²) in [6, 6.07) is 10.1. The minimum Gasteiger partial charge on any atom is -0.451 e. The van der Waals surface area contributed by atoms with Crippen LogP contribution >= 0.6 is 0 Å². The van der Waals surface area contributed by atoms with Gasteiger partial charge in [-0.2, -0.15) is 13.2 Å². The van der Waals surface area contributed by atoms with Gasteiger partial charge < -0.3 is 10.1 Å². The minimum atomic E-state index is -4.51. The number of aromatic nitrogens is 2. The Morgan fingerprint density at radius 2 is 1.67 bits per heavy atom. The van der Waals surface area contributed by atoms with Crippen molar-refractivity contribution in [3.63, 3.8) is 0 Å². The van der Waals surface area contributed by atoms with Gasteiger partial charge in [0.2, 0.25) is 0 Å². The Hall–Kier alpha value is -3.89. The molecule has 3 rings (SSSR count). The van der Waals surface area contributed by atoms with Crippen LogP contribution in [-0.2, 0) is 33.6 Å². The fourth-order valence-corrected chi connectivity index (χ4v) is 3.21. The van der Waals surface area contributed by atoms with Crippen LogP contribution in [0, 0.1) is 0 Å². The van der Waals surface area contributed by atoms with Gasteiger partial charge in [-0.25, -0.2) is 4.79 Å². The standard InChI is InChI=1S/C22H20F3N3O5/c1-3-27-20(31)16-6-4-5-7-17(16)28(21(27)32)12-18(29)33-13(2)19(30)26-15-10-8-14(9-11-15)22(23,24)25/h4-11,13H,3,12H2,1-2H3,(H,26,30). The van der Waals surface area contributed by atoms with Crippen LogP contribution in [0.1, 0.15) is 19.4 Å². The molecule has 0 aliphatic carbocycles. The number of alkyl halides is 3. The minimum absolute atomic E-state index is 0.0909. The summed E-state index contributed by atoms with van der Waals surface area (Å²) in [5, 5.41) is 2.61. The highest BCUT2D eigenvalue weighted by Gasteiger charge is 2.30. The van der Waals surface area contributed by atoms with Crippen molar-refractivity contribution in [2.75, 3.05) is 5.32 Å². The van der Waals surface area contributed by atoms with Crippen molar-refractivity contribution in [1.82, 2.24) is 9.13 Å². The van der Waals surface area contributed by atoms with E-state index in [4.69, 9.17) is 4.74 Å². The van der Waals surface area contributed by atoms with E-state index in [1.807, 2.05) is 0 Å². The van der Waals surface area contributed by atoms with Crippen molar-refractivity contribution >= 4 is 28.5 Å². The molecule has 11 heteroatoms. The van der Waals surface area contributed by atoms with E-state index in [0.29, 0.717) is 0 Å². The van der Waals surface area contributed by atoms with Crippen LogP contribution in [-0.4, -0.2) is 27.1 Å². The van der Waals surface area contributed by atoms with Gasteiger partial charge in [-0.05, 0) is 50.2 Å². The van der Waals surface area contributed by atoms with Crippen molar-refractivity contribution in [1.29, 1.82) is 0 Å². The number of fused-ring (bicyclic) bond motifs is 1. The van der Waals surface area contributed by atoms with Gasteiger partial charge >= 0.3 is 17.8 Å². The molecule has 1 amide bonds. The Labute approximate surface area is 185 Å². The lowest BCUT2D eigenvalue weighted by Crippen LogP contribution is -2.41. The first kappa shape index (κ1) is 23.8. The molecule has 0 saturated heterocycles. The number of halogens is 3. The summed E-state index contributed by atoms with van der Waals surface area (Å²) >= 11 is 0. The third-order valence-electron chi connectivity index (χ3n) is 4.89. The molecule has 0 fully saturated rings. The van der Waals surface area contributed by atoms with Crippen molar-refractivity contribution in [2.24, 2.45) is 0 Å². The number of amides is 1. The Bertz CT molecular complexity index is 1310. The van der Waals surface area contributed by atoms with E-state index in [2.05, 4.69) is 5.32 Å². The molecule has 3 aromatic rings. The lowest BCUT2D eigenvalue weighted by molar-refractivity contribution is -0.153. The van der Waals surface area contributed by atoms with Crippen LogP contribution in [0.2, 0.25) is 0 Å². The summed E-state index contributed by atoms with van der Waals surface area (Å²) < 4.78 is 45.1. The normalized spacial score (nSPS) is 12.4. The second-order valence-electron chi connectivity index (χ2n) is 7.13. The molecule has 0 aliphatic rings. The number of para-hydroxylation sites is 1. The predicted molar refractivity (Wildman–Crippen MR) is 114 cm³/mol. The number of ether oxygens (including phenoxy) is 1. The number of nitrogens with zero attached hydrogens (tertiary/aromatic N) is 2. The number of carbonyl (C=O) groups excluding carboxylic acids is 2. The first-order valence-corrected chi connectivity index (χ1v) is 9.93. The summed E-state index contributed by atoms with van der Waals surface area (Å²) in [6.07, 6.45) is -5.80. The number of esters is 1. The highest BCUT2D eigenvalue weighted by atomic mass is 19.4. The molecule has 0 aliphatic heterocycles. The Morgan fingerprint density at radius 1 is 1.03 bits per heavy atom. The van der Waals surface area contributed by atoms with Gasteiger partial charge in [-0.1, -0.05) is 12.1 Å². The Morgan fingerprint density at radius 3 is 2.27 bits per heavy atom. The average Bonchev–Trinajstić information content (AvgIpc) is 2.76. The molecule has 1 aromatic heterocycles. The molecule has 174 valence electrons. The van der Waals surface area contributed by atoms with Gasteiger partial charge in [0.25, 0.3) is 11.5 Å². The third kappa shape index (κ3) is 5.13. The summed E-state index contributed by atoms with van der Waals surface area (Å²) in [5.41, 5.74) is -1.71. The summed E-state index contributed by atoms with van der Waals surface area (Å²) in [4.78, 5) is 49.9. The molecule has 1 atom stereocenters. The van der Waals surface area contributed by atoms with Gasteiger partial charge in [-0.15, -0.1) is 0 Å². The van der Waals surface area contributed by atoms with Crippen LogP contribution < -0.4 is 16.6 Å². The number of carbonyl (C=O) groups is 2. The quantitative estimate of drug-likeness (QED) is 0.567. The molecule has 8 nitrogen and oxygen atoms in total. The third-order valence-corrected chi connectivity index (χ3v) is 4.89. The van der Waals surface area contributed by atoms with Gasteiger partial charge in [-0.3, -0.25) is 23.5 Å². The maximum Gasteiger partial charge on any atom is 0.416 e. The summed E-state index contributed by atoms with van der Waals surface area (Å²) in [6.45, 7) is 2.46. The zero-order valence-electron chi connectivity index (χ0n) is 17.7. The van der Waals surface area contributed by atoms with Crippen LogP contribution in [0.4, 0.5) is 18.9 Å². The molecule has 33 heavy (non-hydrogen) atoms. The Balaban J connectivity index is 1.73. The van der Waals surface area contributed by atoms with Crippen molar-refractivity contribution in [2.45, 2.75) is 39.2 Å². The number of anilines is 1. The fourth-order valence-electron chi connectivity index (χ4n) is 3.21. The molecule has 1 unspecified atom stereocenters. The smallest absolute Gasteiger partial charge is 0.416 e. The van der Waals surface area contributed by atoms with E-state index >= 15 is 0 Å². The first-order chi connectivity index (χ1) is 15.5. The predicted octanol–water partition coefficient (Wildman–Crippen LogP) is 2.77. The number of benzene rings is 2. The zero-order chi connectivity index (χ0) is 24.3. The summed E-state index contributed by atoms with van der Waals surface area (Å²) in [5.74, 6) is -1.67. The molecular weight excluding hydrogens is 443 g/mol. The maximum atomic E-state index is 12.7. The second kappa shape index (κ2) is 9.31. The lowest BCUT2D eigenvalue weighted by Gasteiger charge is -2.16. The topological polar surface area (TPSA) is 99.4 Å². The second-order valence-corrected chi connectivity index (χ2v) is 7.13. The van der Waals surface area contributed by atoms with Crippen molar-refractivity contribution in [3.8, 4) is 0 Å². The number of hydrogen-bond donors (Lipinski definition) is 1. The van der Waals surface area contributed by atoms with E-state index in [-0.39, 0.29) is 23.1 Å². The van der Waals surface area contributed by atoms with E-state index in [1.165, 1.54) is 19.1 Å². The zero-order valence-corrected chi connectivity index (χ0v) is 17.7. The van der Waals surface area contributed by atoms with Gasteiger partial charge in [0.1, 0.15) is 6.54 Å². The van der Waals surface area contributed by atoms with Crippen LogP contribution in [0.15, 0.2) is 58.1 Å². The SMILES string of the molecule is CCn1c(=O)c2ccccc2n(CC(=O)OC(C)C(=O)Nc2ccc(C(F)(F)F)cc2)c1=O. The number of rotatable bonds is 6. The number of hydrogen-bond acceptors (Lipinski definition) is 5. The fraction of sp³-hybridized carbons (Fsp3) is 0.273. The largest absolute Gasteiger partial charge is 0.451 e. The van der Waals surface area contributed by atoms with E-state index in [1.54, 1.807) is 19.1 Å². The molecule has 2 aromatic carbocycles. The maximum absolute atomic E-state index is 12.7. The summed E-state index contributed by atoms with van der Waals surface area (Å²) in [7, 11) is 0. The van der Waals surface area contributed by atoms with Crippen LogP contribution in [0.25, 0.3) is 10.9 Å². The van der Waals surface area contributed by atoms with Crippen LogP contribution in [0.3, 0.4) is 0 Å². The monoisotopic (exact) mass is 463 g/mol. The average molecular weight is 463 g/mol. The molecule has 0 saturated carbocycles. The Kier molecular flexibility index (Phi) is 6.70. The molecule has 0 bridgehead atoms. The van der Waals surface area contributed by atoms with Crippen LogP contribution in [0.5, 0.6) is 0 Å². The molecular formula is C22H20F3N3O5. The van der Waals surface area contributed by atoms with E-state index in [9.17, 15) is 32.3 Å². The van der Waals surface area contributed by atoms with Crippen molar-refractivity contribution in [3.05, 3.63) is 74.9 Å². The first-order valence-electron chi connectivity index (χ1n) is 9.93. The van der Waals surface area contributed by atoms with Gasteiger partial charge in [0, 0.05) is 12.2 Å².